The first-order valence-electron chi connectivity index (χ1n) is 6.42. The summed E-state index contributed by atoms with van der Waals surface area (Å²) in [4.78, 5) is 13.4. The standard InChI is InChI=1S/C15H10ClN5O/c16-12-4-3-11(21-5-1-2-15(21)22)6-13(12)20-14(9-19)10(7-17)8-18/h3-4,6,20H,1-2,5H2. The molecule has 0 aliphatic carbocycles. The van der Waals surface area contributed by atoms with Gasteiger partial charge in [0.1, 0.15) is 23.9 Å². The van der Waals surface area contributed by atoms with Crippen LogP contribution in [-0.2, 0) is 4.79 Å². The van der Waals surface area contributed by atoms with Gasteiger partial charge in [0.15, 0.2) is 5.57 Å². The van der Waals surface area contributed by atoms with Crippen molar-refractivity contribution in [3.63, 3.8) is 0 Å². The highest BCUT2D eigenvalue weighted by Crippen LogP contribution is 2.30. The highest BCUT2D eigenvalue weighted by Gasteiger charge is 2.22. The topological polar surface area (TPSA) is 104 Å². The molecule has 6 nitrogen and oxygen atoms in total. The van der Waals surface area contributed by atoms with E-state index in [-0.39, 0.29) is 17.2 Å². The molecule has 1 aliphatic rings. The monoisotopic (exact) mass is 311 g/mol. The van der Waals surface area contributed by atoms with Gasteiger partial charge in [0.05, 0.1) is 10.7 Å². The molecule has 1 aliphatic heterocycles. The summed E-state index contributed by atoms with van der Waals surface area (Å²) in [5.74, 6) is 0.0269. The lowest BCUT2D eigenvalue weighted by Crippen LogP contribution is -2.23. The Labute approximate surface area is 132 Å². The predicted molar refractivity (Wildman–Crippen MR) is 80.5 cm³/mol. The maximum Gasteiger partial charge on any atom is 0.227 e. The number of rotatable bonds is 3. The summed E-state index contributed by atoms with van der Waals surface area (Å²) in [6.07, 6.45) is 1.29. The van der Waals surface area contributed by atoms with Gasteiger partial charge >= 0.3 is 0 Å². The molecular weight excluding hydrogens is 302 g/mol. The summed E-state index contributed by atoms with van der Waals surface area (Å²) >= 11 is 6.07. The first kappa shape index (κ1) is 15.4. The van der Waals surface area contributed by atoms with E-state index >= 15 is 0 Å². The first-order chi connectivity index (χ1) is 10.6. The highest BCUT2D eigenvalue weighted by atomic mass is 35.5. The fraction of sp³-hybridized carbons (Fsp3) is 0.200. The van der Waals surface area contributed by atoms with Gasteiger partial charge in [-0.3, -0.25) is 4.79 Å². The molecule has 1 saturated heterocycles. The molecule has 1 aromatic rings. The van der Waals surface area contributed by atoms with E-state index in [0.29, 0.717) is 29.4 Å². The zero-order chi connectivity index (χ0) is 16.1. The second-order valence-corrected chi connectivity index (χ2v) is 4.93. The third-order valence-electron chi connectivity index (χ3n) is 3.18. The van der Waals surface area contributed by atoms with E-state index in [4.69, 9.17) is 27.4 Å². The van der Waals surface area contributed by atoms with E-state index in [1.165, 1.54) is 0 Å². The molecule has 0 saturated carbocycles. The van der Waals surface area contributed by atoms with E-state index in [0.717, 1.165) is 6.42 Å². The van der Waals surface area contributed by atoms with Gasteiger partial charge in [-0.25, -0.2) is 0 Å². The van der Waals surface area contributed by atoms with Gasteiger partial charge in [-0.2, -0.15) is 15.8 Å². The smallest absolute Gasteiger partial charge is 0.227 e. The number of halogens is 1. The van der Waals surface area contributed by atoms with Crippen LogP contribution in [0.3, 0.4) is 0 Å². The van der Waals surface area contributed by atoms with Crippen LogP contribution in [0.15, 0.2) is 29.5 Å². The van der Waals surface area contributed by atoms with Gasteiger partial charge < -0.3 is 10.2 Å². The molecule has 22 heavy (non-hydrogen) atoms. The van der Waals surface area contributed by atoms with Crippen LogP contribution in [0.25, 0.3) is 0 Å². The van der Waals surface area contributed by atoms with Crippen LogP contribution in [0.5, 0.6) is 0 Å². The van der Waals surface area contributed by atoms with Crippen LogP contribution in [-0.4, -0.2) is 12.5 Å². The number of amides is 1. The van der Waals surface area contributed by atoms with Crippen molar-refractivity contribution in [1.82, 2.24) is 0 Å². The summed E-state index contributed by atoms with van der Waals surface area (Å²) in [6, 6.07) is 9.98. The molecule has 1 aromatic carbocycles. The van der Waals surface area contributed by atoms with Crippen LogP contribution < -0.4 is 10.2 Å². The zero-order valence-corrected chi connectivity index (χ0v) is 12.2. The average Bonchev–Trinajstić information content (AvgIpc) is 2.95. The third-order valence-corrected chi connectivity index (χ3v) is 3.51. The lowest BCUT2D eigenvalue weighted by atomic mass is 10.2. The largest absolute Gasteiger partial charge is 0.344 e. The summed E-state index contributed by atoms with van der Waals surface area (Å²) in [5, 5.41) is 29.7. The fourth-order valence-corrected chi connectivity index (χ4v) is 2.28. The number of allylic oxidation sites excluding steroid dienone is 2. The minimum absolute atomic E-state index is 0.0269. The van der Waals surface area contributed by atoms with Crippen molar-refractivity contribution in [2.45, 2.75) is 12.8 Å². The van der Waals surface area contributed by atoms with Crippen LogP contribution in [0, 0.1) is 34.0 Å². The number of hydrogen-bond donors (Lipinski definition) is 1. The fourth-order valence-electron chi connectivity index (χ4n) is 2.12. The van der Waals surface area contributed by atoms with Gasteiger partial charge in [0.2, 0.25) is 5.91 Å². The van der Waals surface area contributed by atoms with Gasteiger partial charge in [-0.15, -0.1) is 0 Å². The Morgan fingerprint density at radius 2 is 1.95 bits per heavy atom. The Morgan fingerprint density at radius 3 is 2.50 bits per heavy atom. The van der Waals surface area contributed by atoms with Crippen molar-refractivity contribution in [1.29, 1.82) is 15.8 Å². The summed E-state index contributed by atoms with van der Waals surface area (Å²) in [5.41, 5.74) is 0.499. The minimum Gasteiger partial charge on any atom is -0.344 e. The van der Waals surface area contributed by atoms with E-state index < -0.39 is 0 Å². The Hall–Kier alpha value is -3.01. The normalized spacial score (nSPS) is 13.0. The predicted octanol–water partition coefficient (Wildman–Crippen LogP) is 2.70. The Kier molecular flexibility index (Phi) is 4.63. The summed E-state index contributed by atoms with van der Waals surface area (Å²) < 4.78 is 0. The Morgan fingerprint density at radius 1 is 1.23 bits per heavy atom. The Balaban J connectivity index is 2.38. The summed E-state index contributed by atoms with van der Waals surface area (Å²) in [7, 11) is 0. The highest BCUT2D eigenvalue weighted by molar-refractivity contribution is 6.33. The van der Waals surface area contributed by atoms with E-state index in [9.17, 15) is 4.79 Å². The second-order valence-electron chi connectivity index (χ2n) is 4.52. The maximum absolute atomic E-state index is 11.8. The lowest BCUT2D eigenvalue weighted by molar-refractivity contribution is -0.117. The van der Waals surface area contributed by atoms with E-state index in [1.807, 2.05) is 0 Å². The molecule has 0 bridgehead atoms. The molecular formula is C15H10ClN5O. The van der Waals surface area contributed by atoms with Crippen LogP contribution >= 0.6 is 11.6 Å². The lowest BCUT2D eigenvalue weighted by Gasteiger charge is -2.17. The number of carbonyl (C=O) groups excluding carboxylic acids is 1. The number of nitrogens with one attached hydrogen (secondary N) is 1. The van der Waals surface area contributed by atoms with Crippen molar-refractivity contribution in [2.24, 2.45) is 0 Å². The Bertz CT molecular complexity index is 763. The number of hydrogen-bond acceptors (Lipinski definition) is 5. The van der Waals surface area contributed by atoms with Gasteiger partial charge in [-0.1, -0.05) is 11.6 Å². The number of nitrogens with zero attached hydrogens (tertiary/aromatic N) is 4. The number of carbonyl (C=O) groups is 1. The van der Waals surface area contributed by atoms with Crippen molar-refractivity contribution in [2.75, 3.05) is 16.8 Å². The van der Waals surface area contributed by atoms with Crippen molar-refractivity contribution < 1.29 is 4.79 Å². The van der Waals surface area contributed by atoms with Gasteiger partial charge in [0.25, 0.3) is 0 Å². The minimum atomic E-state index is -0.332. The second kappa shape index (κ2) is 6.63. The third kappa shape index (κ3) is 3.01. The number of nitriles is 3. The van der Waals surface area contributed by atoms with Crippen molar-refractivity contribution in [3.8, 4) is 18.2 Å². The van der Waals surface area contributed by atoms with Crippen LogP contribution in [0.2, 0.25) is 5.02 Å². The molecule has 7 heteroatoms. The molecule has 108 valence electrons. The average molecular weight is 312 g/mol. The van der Waals surface area contributed by atoms with Crippen LogP contribution in [0.4, 0.5) is 11.4 Å². The van der Waals surface area contributed by atoms with Crippen molar-refractivity contribution in [3.05, 3.63) is 34.5 Å². The molecule has 0 atom stereocenters. The van der Waals surface area contributed by atoms with Gasteiger partial charge in [-0.05, 0) is 24.6 Å². The molecule has 1 heterocycles. The maximum atomic E-state index is 11.8. The van der Waals surface area contributed by atoms with E-state index in [2.05, 4.69) is 5.32 Å². The quantitative estimate of drug-likeness (QED) is 0.864. The molecule has 1 fully saturated rings. The molecule has 0 spiro atoms. The molecule has 0 unspecified atom stereocenters. The SMILES string of the molecule is N#CC(C#N)=C(C#N)Nc1cc(N2CCCC2=O)ccc1Cl. The summed E-state index contributed by atoms with van der Waals surface area (Å²) in [6.45, 7) is 0.627. The van der Waals surface area contributed by atoms with Gasteiger partial charge in [0, 0.05) is 18.7 Å². The molecule has 1 N–H and O–H groups in total. The molecule has 0 radical (unpaired) electrons. The molecule has 2 rings (SSSR count). The molecule has 1 amide bonds. The van der Waals surface area contributed by atoms with E-state index in [1.54, 1.807) is 41.3 Å². The number of benzene rings is 1. The zero-order valence-electron chi connectivity index (χ0n) is 11.4. The molecule has 0 aromatic heterocycles. The first-order valence-corrected chi connectivity index (χ1v) is 6.80. The number of anilines is 2. The van der Waals surface area contributed by atoms with Crippen molar-refractivity contribution >= 4 is 28.9 Å². The van der Waals surface area contributed by atoms with Crippen LogP contribution in [0.1, 0.15) is 12.8 Å².